The maximum atomic E-state index is 11.2. The molecule has 8 heteroatoms. The van der Waals surface area contributed by atoms with Gasteiger partial charge in [0.1, 0.15) is 23.9 Å². The minimum atomic E-state index is -0.908. The van der Waals surface area contributed by atoms with Gasteiger partial charge in [0.05, 0.1) is 6.42 Å². The molecule has 0 saturated carbocycles. The molecule has 5 aromatic rings. The van der Waals surface area contributed by atoms with E-state index < -0.39 is 5.97 Å². The second-order valence-corrected chi connectivity index (χ2v) is 7.76. The highest BCUT2D eigenvalue weighted by molar-refractivity contribution is 5.95. The van der Waals surface area contributed by atoms with Crippen LogP contribution < -0.4 is 10.5 Å². The highest BCUT2D eigenvalue weighted by atomic mass is 16.5. The average molecular weight is 439 g/mol. The number of carboxylic acid groups (broad SMARTS) is 1. The van der Waals surface area contributed by atoms with E-state index >= 15 is 0 Å². The van der Waals surface area contributed by atoms with Crippen molar-refractivity contribution in [3.05, 3.63) is 78.2 Å². The molecule has 0 amide bonds. The molecule has 0 radical (unpaired) electrons. The van der Waals surface area contributed by atoms with Crippen molar-refractivity contribution in [2.75, 3.05) is 5.73 Å². The second-order valence-electron chi connectivity index (χ2n) is 7.76. The minimum absolute atomic E-state index is 0.106. The van der Waals surface area contributed by atoms with Gasteiger partial charge in [-0.3, -0.25) is 9.48 Å². The molecule has 8 nitrogen and oxygen atoms in total. The Kier molecular flexibility index (Phi) is 5.10. The number of hydrogen-bond acceptors (Lipinski definition) is 6. The highest BCUT2D eigenvalue weighted by Crippen LogP contribution is 2.29. The van der Waals surface area contributed by atoms with E-state index in [-0.39, 0.29) is 13.0 Å². The zero-order valence-corrected chi connectivity index (χ0v) is 17.9. The van der Waals surface area contributed by atoms with E-state index in [1.807, 2.05) is 49.6 Å². The van der Waals surface area contributed by atoms with Crippen LogP contribution in [0.15, 0.2) is 67.0 Å². The summed E-state index contributed by atoms with van der Waals surface area (Å²) < 4.78 is 7.68. The summed E-state index contributed by atoms with van der Waals surface area (Å²) in [4.78, 5) is 20.0. The summed E-state index contributed by atoms with van der Waals surface area (Å²) in [6.45, 7) is 0.188. The van der Waals surface area contributed by atoms with Crippen molar-refractivity contribution in [3.8, 4) is 16.9 Å². The van der Waals surface area contributed by atoms with Crippen molar-refractivity contribution < 1.29 is 14.6 Å². The topological polar surface area (TPSA) is 116 Å². The Morgan fingerprint density at radius 3 is 2.73 bits per heavy atom. The lowest BCUT2D eigenvalue weighted by molar-refractivity contribution is -0.136. The summed E-state index contributed by atoms with van der Waals surface area (Å²) in [6, 6.07) is 17.1. The molecule has 164 valence electrons. The minimum Gasteiger partial charge on any atom is -0.487 e. The quantitative estimate of drug-likeness (QED) is 0.411. The summed E-state index contributed by atoms with van der Waals surface area (Å²) in [5.41, 5.74) is 10.0. The molecular weight excluding hydrogens is 418 g/mol. The number of para-hydroxylation sites is 1. The molecule has 0 unspecified atom stereocenters. The highest BCUT2D eigenvalue weighted by Gasteiger charge is 2.14. The summed E-state index contributed by atoms with van der Waals surface area (Å²) in [7, 11) is 1.83. The molecule has 0 fully saturated rings. The number of carboxylic acids is 1. The number of nitrogens with two attached hydrogens (primary N) is 1. The van der Waals surface area contributed by atoms with Crippen LogP contribution in [-0.2, 0) is 24.9 Å². The number of carbonyl (C=O) groups is 1. The summed E-state index contributed by atoms with van der Waals surface area (Å²) >= 11 is 0. The molecule has 0 aliphatic heterocycles. The molecule has 0 spiro atoms. The smallest absolute Gasteiger partial charge is 0.307 e. The number of nitrogens with zero attached hydrogens (tertiary/aromatic N) is 4. The van der Waals surface area contributed by atoms with Gasteiger partial charge in [0.25, 0.3) is 0 Å². The molecule has 0 bridgehead atoms. The van der Waals surface area contributed by atoms with Gasteiger partial charge >= 0.3 is 5.97 Å². The van der Waals surface area contributed by atoms with Crippen LogP contribution in [0.25, 0.3) is 32.9 Å². The fourth-order valence-electron chi connectivity index (χ4n) is 3.94. The number of benzene rings is 2. The number of nitrogen functional groups attached to an aromatic ring is 1. The lowest BCUT2D eigenvalue weighted by Crippen LogP contribution is -2.04. The summed E-state index contributed by atoms with van der Waals surface area (Å²) in [5.74, 6) is 0.105. The van der Waals surface area contributed by atoms with Gasteiger partial charge in [-0.2, -0.15) is 5.10 Å². The van der Waals surface area contributed by atoms with Gasteiger partial charge in [0.15, 0.2) is 5.65 Å². The monoisotopic (exact) mass is 439 g/mol. The van der Waals surface area contributed by atoms with Gasteiger partial charge < -0.3 is 15.6 Å². The lowest BCUT2D eigenvalue weighted by atomic mass is 10.0. The largest absolute Gasteiger partial charge is 0.487 e. The van der Waals surface area contributed by atoms with Crippen LogP contribution in [0.4, 0.5) is 5.82 Å². The third kappa shape index (κ3) is 3.94. The Balaban J connectivity index is 1.50. The molecule has 0 saturated heterocycles. The molecule has 2 aromatic carbocycles. The fourth-order valence-corrected chi connectivity index (χ4v) is 3.94. The number of ether oxygens (including phenoxy) is 1. The van der Waals surface area contributed by atoms with Crippen molar-refractivity contribution in [2.24, 2.45) is 7.05 Å². The first-order valence-electron chi connectivity index (χ1n) is 10.4. The van der Waals surface area contributed by atoms with Crippen molar-refractivity contribution in [2.45, 2.75) is 13.0 Å². The number of rotatable bonds is 6. The van der Waals surface area contributed by atoms with Gasteiger partial charge in [-0.1, -0.05) is 30.3 Å². The first kappa shape index (κ1) is 20.4. The number of aryl methyl sites for hydroxylation is 1. The molecule has 3 aromatic heterocycles. The van der Waals surface area contributed by atoms with E-state index in [1.54, 1.807) is 29.1 Å². The average Bonchev–Trinajstić information content (AvgIpc) is 3.13. The van der Waals surface area contributed by atoms with Gasteiger partial charge in [0.2, 0.25) is 0 Å². The SMILES string of the molecule is Cn1nc(COc2ccccc2CC(=O)O)c2cc(-c3ccc4ccnc(N)c4c3)cnc21. The molecule has 0 atom stereocenters. The maximum absolute atomic E-state index is 11.2. The van der Waals surface area contributed by atoms with E-state index in [9.17, 15) is 4.79 Å². The molecule has 3 heterocycles. The van der Waals surface area contributed by atoms with Crippen molar-refractivity contribution in [3.63, 3.8) is 0 Å². The van der Waals surface area contributed by atoms with Gasteiger partial charge in [-0.05, 0) is 35.2 Å². The molecule has 0 aliphatic rings. The first-order valence-corrected chi connectivity index (χ1v) is 10.4. The standard InChI is InChI=1S/C25H21N5O3/c1-30-25-20(21(29-30)14-33-22-5-3-2-4-17(22)12-23(31)32)11-18(13-28-25)16-7-6-15-8-9-27-24(26)19(15)10-16/h2-11,13H,12,14H2,1H3,(H2,26,27)(H,31,32). The number of hydrogen-bond donors (Lipinski definition) is 2. The predicted octanol–water partition coefficient (Wildman–Crippen LogP) is 3.97. The van der Waals surface area contributed by atoms with E-state index in [0.29, 0.717) is 22.8 Å². The number of pyridine rings is 2. The van der Waals surface area contributed by atoms with E-state index in [2.05, 4.69) is 15.1 Å². The van der Waals surface area contributed by atoms with Crippen LogP contribution in [0.5, 0.6) is 5.75 Å². The van der Waals surface area contributed by atoms with Crippen molar-refractivity contribution >= 4 is 33.6 Å². The predicted molar refractivity (Wildman–Crippen MR) is 126 cm³/mol. The molecule has 33 heavy (non-hydrogen) atoms. The molecule has 3 N–H and O–H groups in total. The van der Waals surface area contributed by atoms with Gasteiger partial charge in [-0.25, -0.2) is 9.97 Å². The van der Waals surface area contributed by atoms with E-state index in [4.69, 9.17) is 15.6 Å². The normalized spacial score (nSPS) is 11.2. The Bertz CT molecular complexity index is 1510. The zero-order valence-electron chi connectivity index (χ0n) is 17.9. The Morgan fingerprint density at radius 2 is 1.88 bits per heavy atom. The number of aromatic nitrogens is 4. The van der Waals surface area contributed by atoms with Gasteiger partial charge in [0, 0.05) is 41.3 Å². The number of aliphatic carboxylic acids is 1. The molecule has 5 rings (SSSR count). The number of anilines is 1. The van der Waals surface area contributed by atoms with Crippen molar-refractivity contribution in [1.29, 1.82) is 0 Å². The fraction of sp³-hybridized carbons (Fsp3) is 0.120. The summed E-state index contributed by atoms with van der Waals surface area (Å²) in [5, 5.41) is 16.5. The van der Waals surface area contributed by atoms with Crippen LogP contribution in [0.2, 0.25) is 0 Å². The maximum Gasteiger partial charge on any atom is 0.307 e. The Labute approximate surface area is 189 Å². The number of fused-ring (bicyclic) bond motifs is 2. The lowest BCUT2D eigenvalue weighted by Gasteiger charge is -2.09. The van der Waals surface area contributed by atoms with Crippen LogP contribution in [0.1, 0.15) is 11.3 Å². The second kappa shape index (κ2) is 8.23. The Morgan fingerprint density at radius 1 is 1.06 bits per heavy atom. The van der Waals surface area contributed by atoms with Gasteiger partial charge in [-0.15, -0.1) is 0 Å². The van der Waals surface area contributed by atoms with Crippen molar-refractivity contribution in [1.82, 2.24) is 19.7 Å². The molecule has 0 aliphatic carbocycles. The Hall–Kier alpha value is -4.46. The van der Waals surface area contributed by atoms with Crippen LogP contribution in [0.3, 0.4) is 0 Å². The van der Waals surface area contributed by atoms with E-state index in [1.165, 1.54) is 0 Å². The zero-order chi connectivity index (χ0) is 22.9. The van der Waals surface area contributed by atoms with Crippen LogP contribution in [0, 0.1) is 0 Å². The first-order chi connectivity index (χ1) is 16.0. The van der Waals surface area contributed by atoms with Crippen LogP contribution in [-0.4, -0.2) is 30.8 Å². The molecular formula is C25H21N5O3. The third-order valence-electron chi connectivity index (χ3n) is 5.56. The summed E-state index contributed by atoms with van der Waals surface area (Å²) in [6.07, 6.45) is 3.40. The van der Waals surface area contributed by atoms with Crippen LogP contribution >= 0.6 is 0 Å². The third-order valence-corrected chi connectivity index (χ3v) is 5.56. The van der Waals surface area contributed by atoms with E-state index in [0.717, 1.165) is 32.9 Å².